The number of carboxylic acids is 1. The Kier molecular flexibility index (Phi) is 5.29. The number of rotatable bonds is 4. The Morgan fingerprint density at radius 2 is 2.05 bits per heavy atom. The number of hydrogen-bond acceptors (Lipinski definition) is 3. The summed E-state index contributed by atoms with van der Waals surface area (Å²) in [5, 5.41) is 12.0. The maximum Gasteiger partial charge on any atom is 0.306 e. The number of thiophene rings is 1. The molecular formula is C13H15Cl2NO3S. The van der Waals surface area contributed by atoms with Crippen molar-refractivity contribution in [2.24, 2.45) is 11.8 Å². The minimum absolute atomic E-state index is 0.0157. The zero-order chi connectivity index (χ0) is 14.7. The van der Waals surface area contributed by atoms with Crippen molar-refractivity contribution in [1.82, 2.24) is 5.32 Å². The molecule has 1 amide bonds. The summed E-state index contributed by atoms with van der Waals surface area (Å²) in [6, 6.07) is 1.53. The van der Waals surface area contributed by atoms with E-state index in [1.165, 1.54) is 6.07 Å². The second-order valence-electron chi connectivity index (χ2n) is 4.94. The number of nitrogens with one attached hydrogen (secondary N) is 1. The molecule has 1 saturated carbocycles. The lowest BCUT2D eigenvalue weighted by atomic mass is 9.79. The molecule has 1 fully saturated rings. The number of amides is 1. The molecule has 2 rings (SSSR count). The zero-order valence-electron chi connectivity index (χ0n) is 10.7. The van der Waals surface area contributed by atoms with Crippen molar-refractivity contribution >= 4 is 46.4 Å². The van der Waals surface area contributed by atoms with E-state index in [0.29, 0.717) is 27.2 Å². The van der Waals surface area contributed by atoms with E-state index in [9.17, 15) is 14.7 Å². The average Bonchev–Trinajstić information content (AvgIpc) is 2.75. The van der Waals surface area contributed by atoms with Gasteiger partial charge in [-0.15, -0.1) is 11.3 Å². The molecule has 2 atom stereocenters. The van der Waals surface area contributed by atoms with Gasteiger partial charge in [0.15, 0.2) is 0 Å². The Labute approximate surface area is 131 Å². The first kappa shape index (κ1) is 15.6. The van der Waals surface area contributed by atoms with Crippen LogP contribution < -0.4 is 5.32 Å². The zero-order valence-corrected chi connectivity index (χ0v) is 13.0. The monoisotopic (exact) mass is 335 g/mol. The first-order valence-corrected chi connectivity index (χ1v) is 8.02. The predicted octanol–water partition coefficient (Wildman–Crippen LogP) is 3.68. The van der Waals surface area contributed by atoms with E-state index in [1.54, 1.807) is 0 Å². The molecule has 1 heterocycles. The fourth-order valence-electron chi connectivity index (χ4n) is 2.59. The number of carbonyl (C=O) groups excluding carboxylic acids is 1. The van der Waals surface area contributed by atoms with Gasteiger partial charge >= 0.3 is 5.97 Å². The van der Waals surface area contributed by atoms with Crippen molar-refractivity contribution < 1.29 is 14.7 Å². The van der Waals surface area contributed by atoms with Crippen LogP contribution in [0, 0.1) is 11.8 Å². The molecule has 4 nitrogen and oxygen atoms in total. The van der Waals surface area contributed by atoms with Crippen molar-refractivity contribution in [3.05, 3.63) is 20.3 Å². The van der Waals surface area contributed by atoms with Crippen LogP contribution in [0.2, 0.25) is 8.67 Å². The molecule has 0 saturated heterocycles. The van der Waals surface area contributed by atoms with Gasteiger partial charge in [0.25, 0.3) is 5.91 Å². The molecule has 2 N–H and O–H groups in total. The van der Waals surface area contributed by atoms with Crippen LogP contribution in [0.15, 0.2) is 6.07 Å². The lowest BCUT2D eigenvalue weighted by molar-refractivity contribution is -0.144. The van der Waals surface area contributed by atoms with E-state index in [-0.39, 0.29) is 17.7 Å². The van der Waals surface area contributed by atoms with Gasteiger partial charge in [-0.3, -0.25) is 9.59 Å². The third-order valence-corrected chi connectivity index (χ3v) is 5.14. The highest BCUT2D eigenvalue weighted by Crippen LogP contribution is 2.32. The Morgan fingerprint density at radius 3 is 2.65 bits per heavy atom. The minimum Gasteiger partial charge on any atom is -0.481 e. The quantitative estimate of drug-likeness (QED) is 0.881. The maximum atomic E-state index is 12.0. The van der Waals surface area contributed by atoms with Crippen LogP contribution >= 0.6 is 34.5 Å². The van der Waals surface area contributed by atoms with Crippen LogP contribution in [0.1, 0.15) is 36.0 Å². The molecule has 0 bridgehead atoms. The van der Waals surface area contributed by atoms with Gasteiger partial charge in [-0.2, -0.15) is 0 Å². The lowest BCUT2D eigenvalue weighted by Crippen LogP contribution is -2.37. The molecule has 1 aromatic heterocycles. The van der Waals surface area contributed by atoms with Gasteiger partial charge < -0.3 is 10.4 Å². The van der Waals surface area contributed by atoms with Crippen LogP contribution in [-0.4, -0.2) is 23.5 Å². The van der Waals surface area contributed by atoms with Gasteiger partial charge in [0.05, 0.1) is 15.8 Å². The van der Waals surface area contributed by atoms with E-state index < -0.39 is 5.97 Å². The molecule has 0 radical (unpaired) electrons. The van der Waals surface area contributed by atoms with Crippen LogP contribution in [0.4, 0.5) is 0 Å². The second kappa shape index (κ2) is 6.78. The Hall–Kier alpha value is -0.780. The molecule has 20 heavy (non-hydrogen) atoms. The highest BCUT2D eigenvalue weighted by atomic mass is 35.5. The van der Waals surface area contributed by atoms with E-state index in [4.69, 9.17) is 23.2 Å². The van der Waals surface area contributed by atoms with E-state index in [1.807, 2.05) is 0 Å². The fourth-order valence-corrected chi connectivity index (χ4v) is 4.05. The summed E-state index contributed by atoms with van der Waals surface area (Å²) < 4.78 is 0.812. The van der Waals surface area contributed by atoms with E-state index in [2.05, 4.69) is 5.32 Å². The Balaban J connectivity index is 1.95. The third kappa shape index (κ3) is 3.65. The number of halogens is 2. The topological polar surface area (TPSA) is 66.4 Å². The molecular weight excluding hydrogens is 321 g/mol. The van der Waals surface area contributed by atoms with Crippen molar-refractivity contribution in [3.63, 3.8) is 0 Å². The smallest absolute Gasteiger partial charge is 0.306 e. The van der Waals surface area contributed by atoms with Gasteiger partial charge in [-0.05, 0) is 24.8 Å². The maximum absolute atomic E-state index is 12.0. The predicted molar refractivity (Wildman–Crippen MR) is 79.8 cm³/mol. The first-order chi connectivity index (χ1) is 9.49. The average molecular weight is 336 g/mol. The highest BCUT2D eigenvalue weighted by Gasteiger charge is 2.31. The van der Waals surface area contributed by atoms with Gasteiger partial charge in [0.1, 0.15) is 4.34 Å². The molecule has 1 aliphatic rings. The largest absolute Gasteiger partial charge is 0.481 e. The van der Waals surface area contributed by atoms with Crippen LogP contribution in [-0.2, 0) is 4.79 Å². The SMILES string of the molecule is O=C(NCC1CCCCC1C(=O)O)c1cc(Cl)sc1Cl. The Morgan fingerprint density at radius 1 is 1.35 bits per heavy atom. The summed E-state index contributed by atoms with van der Waals surface area (Å²) in [5.74, 6) is -1.46. The molecule has 0 aromatic carbocycles. The molecule has 1 aromatic rings. The summed E-state index contributed by atoms with van der Waals surface area (Å²) in [6.45, 7) is 0.361. The summed E-state index contributed by atoms with van der Waals surface area (Å²) in [5.41, 5.74) is 0.351. The number of carbonyl (C=O) groups is 2. The van der Waals surface area contributed by atoms with Gasteiger partial charge in [0, 0.05) is 6.54 Å². The second-order valence-corrected chi connectivity index (χ2v) is 7.22. The van der Waals surface area contributed by atoms with E-state index in [0.717, 1.165) is 30.6 Å². The fraction of sp³-hybridized carbons (Fsp3) is 0.538. The first-order valence-electron chi connectivity index (χ1n) is 6.45. The van der Waals surface area contributed by atoms with E-state index >= 15 is 0 Å². The van der Waals surface area contributed by atoms with Gasteiger partial charge in [-0.1, -0.05) is 36.0 Å². The molecule has 110 valence electrons. The number of aliphatic carboxylic acids is 1. The Bertz CT molecular complexity index is 518. The summed E-state index contributed by atoms with van der Waals surface area (Å²) in [4.78, 5) is 23.2. The van der Waals surface area contributed by atoms with Crippen LogP contribution in [0.3, 0.4) is 0 Å². The van der Waals surface area contributed by atoms with Crippen molar-refractivity contribution in [2.75, 3.05) is 6.54 Å². The van der Waals surface area contributed by atoms with Gasteiger partial charge in [0.2, 0.25) is 0 Å². The number of hydrogen-bond donors (Lipinski definition) is 2. The van der Waals surface area contributed by atoms with Crippen LogP contribution in [0.25, 0.3) is 0 Å². The highest BCUT2D eigenvalue weighted by molar-refractivity contribution is 7.20. The molecule has 7 heteroatoms. The standard InChI is InChI=1S/C13H15Cl2NO3S/c14-10-5-9(11(15)20-10)12(17)16-6-7-3-1-2-4-8(7)13(18)19/h5,7-8H,1-4,6H2,(H,16,17)(H,18,19). The van der Waals surface area contributed by atoms with Crippen molar-refractivity contribution in [3.8, 4) is 0 Å². The summed E-state index contributed by atoms with van der Waals surface area (Å²) in [6.07, 6.45) is 3.46. The number of carboxylic acid groups (broad SMARTS) is 1. The normalized spacial score (nSPS) is 22.5. The molecule has 0 aliphatic heterocycles. The lowest BCUT2D eigenvalue weighted by Gasteiger charge is -2.28. The summed E-state index contributed by atoms with van der Waals surface area (Å²) in [7, 11) is 0. The van der Waals surface area contributed by atoms with Crippen LogP contribution in [0.5, 0.6) is 0 Å². The molecule has 1 aliphatic carbocycles. The summed E-state index contributed by atoms with van der Waals surface area (Å²) >= 11 is 12.9. The van der Waals surface area contributed by atoms with Crippen molar-refractivity contribution in [1.29, 1.82) is 0 Å². The molecule has 0 spiro atoms. The van der Waals surface area contributed by atoms with Crippen molar-refractivity contribution in [2.45, 2.75) is 25.7 Å². The van der Waals surface area contributed by atoms with Gasteiger partial charge in [-0.25, -0.2) is 0 Å². The minimum atomic E-state index is -0.777. The third-order valence-electron chi connectivity index (χ3n) is 3.65. The molecule has 2 unspecified atom stereocenters.